The minimum Gasteiger partial charge on any atom is -0.369 e. The summed E-state index contributed by atoms with van der Waals surface area (Å²) >= 11 is 6.10. The van der Waals surface area contributed by atoms with Crippen LogP contribution >= 0.6 is 11.6 Å². The van der Waals surface area contributed by atoms with Crippen LogP contribution in [0.1, 0.15) is 27.6 Å². The second kappa shape index (κ2) is 7.81. The molecule has 2 aromatic rings. The molecule has 0 spiro atoms. The van der Waals surface area contributed by atoms with E-state index >= 15 is 0 Å². The first kappa shape index (κ1) is 17.6. The first-order valence-electron chi connectivity index (χ1n) is 8.40. The van der Waals surface area contributed by atoms with Crippen LogP contribution < -0.4 is 4.90 Å². The Balaban J connectivity index is 1.56. The lowest BCUT2D eigenvalue weighted by Crippen LogP contribution is -2.48. The van der Waals surface area contributed by atoms with Gasteiger partial charge in [0.15, 0.2) is 11.6 Å². The summed E-state index contributed by atoms with van der Waals surface area (Å²) in [4.78, 5) is 28.2. The number of piperazine rings is 1. The summed E-state index contributed by atoms with van der Waals surface area (Å²) in [5.41, 5.74) is 2.43. The zero-order chi connectivity index (χ0) is 17.8. The molecule has 1 aliphatic heterocycles. The van der Waals surface area contributed by atoms with E-state index in [9.17, 15) is 9.59 Å². The number of halogens is 1. The number of Topliss-reactive ketones (excluding diaryl/α,β-unsaturated/α-hetero) is 2. The van der Waals surface area contributed by atoms with Crippen LogP contribution in [0.5, 0.6) is 0 Å². The van der Waals surface area contributed by atoms with Crippen molar-refractivity contribution in [1.82, 2.24) is 4.90 Å². The zero-order valence-corrected chi connectivity index (χ0v) is 15.0. The summed E-state index contributed by atoms with van der Waals surface area (Å²) in [5.74, 6) is 0.138. The molecule has 1 fully saturated rings. The number of carbonyl (C=O) groups excluding carboxylic acids is 2. The molecule has 0 radical (unpaired) electrons. The lowest BCUT2D eigenvalue weighted by molar-refractivity contribution is 0.0926. The summed E-state index contributed by atoms with van der Waals surface area (Å²) in [6.07, 6.45) is 0. The number of anilines is 1. The van der Waals surface area contributed by atoms with Gasteiger partial charge in [0.2, 0.25) is 0 Å². The molecule has 0 unspecified atom stereocenters. The van der Waals surface area contributed by atoms with Crippen molar-refractivity contribution in [2.75, 3.05) is 37.6 Å². The van der Waals surface area contributed by atoms with Gasteiger partial charge in [0, 0.05) is 43.0 Å². The molecule has 3 rings (SSSR count). The molecule has 0 bridgehead atoms. The number of hydrogen-bond donors (Lipinski definition) is 0. The minimum atomic E-state index is 0.0601. The summed E-state index contributed by atoms with van der Waals surface area (Å²) in [7, 11) is 0. The highest BCUT2D eigenvalue weighted by Gasteiger charge is 2.20. The maximum atomic E-state index is 12.4. The van der Waals surface area contributed by atoms with E-state index in [1.54, 1.807) is 19.1 Å². The van der Waals surface area contributed by atoms with E-state index in [-0.39, 0.29) is 11.6 Å². The van der Waals surface area contributed by atoms with Crippen LogP contribution in [0.2, 0.25) is 5.02 Å². The molecule has 0 atom stereocenters. The Hall–Kier alpha value is -2.17. The second-order valence-corrected chi connectivity index (χ2v) is 6.68. The number of rotatable bonds is 5. The van der Waals surface area contributed by atoms with Gasteiger partial charge in [-0.1, -0.05) is 23.7 Å². The van der Waals surface area contributed by atoms with Crippen LogP contribution in [0.4, 0.5) is 5.69 Å². The van der Waals surface area contributed by atoms with Gasteiger partial charge in [-0.25, -0.2) is 0 Å². The molecule has 0 N–H and O–H groups in total. The van der Waals surface area contributed by atoms with Crippen LogP contribution in [0.3, 0.4) is 0 Å². The van der Waals surface area contributed by atoms with Gasteiger partial charge in [-0.15, -0.1) is 0 Å². The maximum Gasteiger partial charge on any atom is 0.178 e. The van der Waals surface area contributed by atoms with Crippen molar-refractivity contribution in [3.63, 3.8) is 0 Å². The number of hydrogen-bond acceptors (Lipinski definition) is 4. The monoisotopic (exact) mass is 356 g/mol. The molecular formula is C20H21ClN2O2. The predicted octanol–water partition coefficient (Wildman–Crippen LogP) is 3.55. The summed E-state index contributed by atoms with van der Waals surface area (Å²) in [6.45, 7) is 5.32. The van der Waals surface area contributed by atoms with E-state index in [0.717, 1.165) is 37.4 Å². The molecule has 25 heavy (non-hydrogen) atoms. The number of carbonyl (C=O) groups is 2. The zero-order valence-electron chi connectivity index (χ0n) is 14.2. The topological polar surface area (TPSA) is 40.6 Å². The molecular weight excluding hydrogens is 336 g/mol. The fourth-order valence-electron chi connectivity index (χ4n) is 3.05. The molecule has 5 heteroatoms. The highest BCUT2D eigenvalue weighted by Crippen LogP contribution is 2.19. The predicted molar refractivity (Wildman–Crippen MR) is 101 cm³/mol. The molecule has 0 saturated carbocycles. The average Bonchev–Trinajstić information content (AvgIpc) is 2.63. The van der Waals surface area contributed by atoms with Gasteiger partial charge < -0.3 is 4.90 Å². The highest BCUT2D eigenvalue weighted by atomic mass is 35.5. The largest absolute Gasteiger partial charge is 0.369 e. The third-order valence-corrected chi connectivity index (χ3v) is 4.88. The molecule has 1 heterocycles. The Bertz CT molecular complexity index is 766. The quantitative estimate of drug-likeness (QED) is 0.768. The van der Waals surface area contributed by atoms with E-state index in [0.29, 0.717) is 17.1 Å². The molecule has 1 saturated heterocycles. The lowest BCUT2D eigenvalue weighted by Gasteiger charge is -2.35. The van der Waals surface area contributed by atoms with E-state index in [2.05, 4.69) is 9.80 Å². The Morgan fingerprint density at radius 1 is 0.960 bits per heavy atom. The first-order chi connectivity index (χ1) is 12.0. The number of ketones is 2. The van der Waals surface area contributed by atoms with Crippen molar-refractivity contribution in [3.8, 4) is 0 Å². The summed E-state index contributed by atoms with van der Waals surface area (Å²) in [5, 5.41) is 0.511. The number of benzene rings is 2. The van der Waals surface area contributed by atoms with Crippen molar-refractivity contribution in [2.24, 2.45) is 0 Å². The van der Waals surface area contributed by atoms with Crippen molar-refractivity contribution >= 4 is 28.9 Å². The van der Waals surface area contributed by atoms with Gasteiger partial charge in [-0.2, -0.15) is 0 Å². The normalized spacial score (nSPS) is 15.2. The van der Waals surface area contributed by atoms with E-state index in [1.807, 2.05) is 36.4 Å². The molecule has 1 aliphatic rings. The fraction of sp³-hybridized carbons (Fsp3) is 0.300. The highest BCUT2D eigenvalue weighted by molar-refractivity contribution is 6.34. The van der Waals surface area contributed by atoms with E-state index in [1.165, 1.54) is 0 Å². The SMILES string of the molecule is CC(=O)c1ccc(N2CCN(CC(=O)c3ccccc3Cl)CC2)cc1. The number of nitrogens with zero attached hydrogens (tertiary/aromatic N) is 2. The summed E-state index contributed by atoms with van der Waals surface area (Å²) in [6, 6.07) is 14.9. The van der Waals surface area contributed by atoms with Crippen LogP contribution in [-0.2, 0) is 0 Å². The lowest BCUT2D eigenvalue weighted by atomic mass is 10.1. The average molecular weight is 357 g/mol. The van der Waals surface area contributed by atoms with E-state index in [4.69, 9.17) is 11.6 Å². The van der Waals surface area contributed by atoms with Crippen LogP contribution in [0, 0.1) is 0 Å². The summed E-state index contributed by atoms with van der Waals surface area (Å²) < 4.78 is 0. The van der Waals surface area contributed by atoms with Gasteiger partial charge in [0.25, 0.3) is 0 Å². The molecule has 0 amide bonds. The van der Waals surface area contributed by atoms with Crippen LogP contribution in [-0.4, -0.2) is 49.2 Å². The van der Waals surface area contributed by atoms with Crippen LogP contribution in [0.15, 0.2) is 48.5 Å². The van der Waals surface area contributed by atoms with Crippen LogP contribution in [0.25, 0.3) is 0 Å². The standard InChI is InChI=1S/C20H21ClN2O2/c1-15(24)16-6-8-17(9-7-16)23-12-10-22(11-13-23)14-20(25)18-4-2-3-5-19(18)21/h2-9H,10-14H2,1H3. The van der Waals surface area contributed by atoms with Gasteiger partial charge in [-0.05, 0) is 43.3 Å². The smallest absolute Gasteiger partial charge is 0.178 e. The van der Waals surface area contributed by atoms with E-state index < -0.39 is 0 Å². The van der Waals surface area contributed by atoms with Gasteiger partial charge in [-0.3, -0.25) is 14.5 Å². The Morgan fingerprint density at radius 3 is 2.20 bits per heavy atom. The van der Waals surface area contributed by atoms with Crippen molar-refractivity contribution in [1.29, 1.82) is 0 Å². The molecule has 2 aromatic carbocycles. The van der Waals surface area contributed by atoms with Crippen molar-refractivity contribution < 1.29 is 9.59 Å². The fourth-order valence-corrected chi connectivity index (χ4v) is 3.29. The molecule has 0 aromatic heterocycles. The van der Waals surface area contributed by atoms with Gasteiger partial charge >= 0.3 is 0 Å². The van der Waals surface area contributed by atoms with Gasteiger partial charge in [0.05, 0.1) is 11.6 Å². The van der Waals surface area contributed by atoms with Crippen molar-refractivity contribution in [3.05, 3.63) is 64.7 Å². The molecule has 4 nitrogen and oxygen atoms in total. The molecule has 0 aliphatic carbocycles. The Morgan fingerprint density at radius 2 is 1.60 bits per heavy atom. The minimum absolute atomic E-state index is 0.0601. The van der Waals surface area contributed by atoms with Crippen molar-refractivity contribution in [2.45, 2.75) is 6.92 Å². The maximum absolute atomic E-state index is 12.4. The first-order valence-corrected chi connectivity index (χ1v) is 8.78. The molecule has 130 valence electrons. The third-order valence-electron chi connectivity index (χ3n) is 4.55. The van der Waals surface area contributed by atoms with Gasteiger partial charge in [0.1, 0.15) is 0 Å². The Labute approximate surface area is 153 Å². The third kappa shape index (κ3) is 4.27. The Kier molecular flexibility index (Phi) is 5.51. The second-order valence-electron chi connectivity index (χ2n) is 6.27.